The Morgan fingerprint density at radius 2 is 1.75 bits per heavy atom. The van der Waals surface area contributed by atoms with Gasteiger partial charge in [0.15, 0.2) is 11.5 Å². The molecule has 0 aromatic carbocycles. The number of halogens is 5. The minimum Gasteiger partial charge on any atom is -0.504 e. The van der Waals surface area contributed by atoms with Gasteiger partial charge in [0, 0.05) is 12.3 Å². The molecule has 4 rings (SSSR count). The van der Waals surface area contributed by atoms with E-state index in [0.29, 0.717) is 18.4 Å². The Kier molecular flexibility index (Phi) is 4.42. The third-order valence-corrected chi connectivity index (χ3v) is 8.29. The first-order chi connectivity index (χ1) is 12.9. The molecule has 4 aliphatic carbocycles. The molecule has 8 heteroatoms. The van der Waals surface area contributed by atoms with Crippen LogP contribution < -0.4 is 0 Å². The highest BCUT2D eigenvalue weighted by Gasteiger charge is 2.71. The normalized spacial score (nSPS) is 44.2. The van der Waals surface area contributed by atoms with Crippen LogP contribution in [0.5, 0.6) is 0 Å². The van der Waals surface area contributed by atoms with Gasteiger partial charge in [-0.3, -0.25) is 4.79 Å². The number of fused-ring (bicyclic) bond motifs is 5. The van der Waals surface area contributed by atoms with Gasteiger partial charge in [0.05, 0.1) is 6.10 Å². The Hall–Kier alpha value is -1.18. The first-order valence-corrected chi connectivity index (χ1v) is 9.97. The smallest absolute Gasteiger partial charge is 0.453 e. The average molecular weight is 408 g/mol. The first-order valence-electron chi connectivity index (χ1n) is 9.97. The number of Topliss-reactive ketones (excluding diaryl/α,β-unsaturated/α-hetero) is 1. The van der Waals surface area contributed by atoms with Gasteiger partial charge in [-0.05, 0) is 73.2 Å². The average Bonchev–Trinajstić information content (AvgIpc) is 2.95. The van der Waals surface area contributed by atoms with E-state index in [9.17, 15) is 37.0 Å². The minimum absolute atomic E-state index is 0.0923. The predicted octanol–water partition coefficient (Wildman–Crippen LogP) is 4.80. The van der Waals surface area contributed by atoms with Crippen molar-refractivity contribution in [3.8, 4) is 0 Å². The van der Waals surface area contributed by atoms with E-state index >= 15 is 0 Å². The van der Waals surface area contributed by atoms with Crippen LogP contribution >= 0.6 is 0 Å². The SMILES string of the molecule is C[C@]12CC[C@H]3[C@@H]([C@@H](O)CC4=C(O)C(=O)CC[C@@H]43)[C@@H]1CC[C@H]2C(F)(F)C(F)(F)F. The lowest BCUT2D eigenvalue weighted by Gasteiger charge is -2.56. The zero-order valence-corrected chi connectivity index (χ0v) is 15.6. The van der Waals surface area contributed by atoms with Gasteiger partial charge in [-0.15, -0.1) is 0 Å². The number of carbonyl (C=O) groups excluding carboxylic acids is 1. The molecule has 0 amide bonds. The lowest BCUT2D eigenvalue weighted by Crippen LogP contribution is -2.55. The van der Waals surface area contributed by atoms with Gasteiger partial charge in [0.2, 0.25) is 0 Å². The zero-order valence-electron chi connectivity index (χ0n) is 15.6. The Morgan fingerprint density at radius 3 is 2.39 bits per heavy atom. The summed E-state index contributed by atoms with van der Waals surface area (Å²) in [5.41, 5.74) is -0.640. The fourth-order valence-corrected chi connectivity index (χ4v) is 7.06. The Labute approximate surface area is 160 Å². The molecule has 0 aromatic rings. The van der Waals surface area contributed by atoms with Gasteiger partial charge in [0.1, 0.15) is 0 Å². The molecule has 0 aromatic heterocycles. The van der Waals surface area contributed by atoms with Crippen molar-refractivity contribution in [2.24, 2.45) is 35.0 Å². The van der Waals surface area contributed by atoms with Gasteiger partial charge in [-0.2, -0.15) is 22.0 Å². The van der Waals surface area contributed by atoms with Crippen LogP contribution in [0.3, 0.4) is 0 Å². The molecule has 0 radical (unpaired) electrons. The lowest BCUT2D eigenvalue weighted by molar-refractivity contribution is -0.316. The van der Waals surface area contributed by atoms with Crippen molar-refractivity contribution in [3.05, 3.63) is 11.3 Å². The molecule has 0 saturated heterocycles. The summed E-state index contributed by atoms with van der Waals surface area (Å²) in [6.07, 6.45) is -4.99. The maximum Gasteiger partial charge on any atom is 0.453 e. The van der Waals surface area contributed by atoms with Crippen LogP contribution in [0.15, 0.2) is 11.3 Å². The molecule has 7 atom stereocenters. The summed E-state index contributed by atoms with van der Waals surface area (Å²) >= 11 is 0. The molecule has 158 valence electrons. The maximum absolute atomic E-state index is 14.3. The fraction of sp³-hybridized carbons (Fsp3) is 0.850. The van der Waals surface area contributed by atoms with Gasteiger partial charge in [0.25, 0.3) is 0 Å². The van der Waals surface area contributed by atoms with Crippen LogP contribution in [0.4, 0.5) is 22.0 Å². The zero-order chi connectivity index (χ0) is 20.6. The van der Waals surface area contributed by atoms with Gasteiger partial charge in [-0.1, -0.05) is 6.92 Å². The van der Waals surface area contributed by atoms with E-state index in [0.717, 1.165) is 0 Å². The lowest BCUT2D eigenvalue weighted by atomic mass is 9.50. The molecular formula is C20H25F5O3. The van der Waals surface area contributed by atoms with Crippen molar-refractivity contribution in [2.75, 3.05) is 0 Å². The fourth-order valence-electron chi connectivity index (χ4n) is 7.06. The second kappa shape index (κ2) is 6.16. The Balaban J connectivity index is 1.67. The number of carbonyl (C=O) groups is 1. The molecule has 3 saturated carbocycles. The van der Waals surface area contributed by atoms with E-state index in [1.54, 1.807) is 0 Å². The molecule has 0 bridgehead atoms. The number of hydrogen-bond acceptors (Lipinski definition) is 3. The molecule has 2 N–H and O–H groups in total. The highest BCUT2D eigenvalue weighted by molar-refractivity contribution is 5.94. The van der Waals surface area contributed by atoms with Crippen molar-refractivity contribution >= 4 is 5.78 Å². The van der Waals surface area contributed by atoms with Crippen LogP contribution in [-0.4, -0.2) is 34.2 Å². The Morgan fingerprint density at radius 1 is 1.07 bits per heavy atom. The molecule has 0 unspecified atom stereocenters. The van der Waals surface area contributed by atoms with Crippen LogP contribution in [0.25, 0.3) is 0 Å². The summed E-state index contributed by atoms with van der Waals surface area (Å²) < 4.78 is 67.7. The van der Waals surface area contributed by atoms with Crippen molar-refractivity contribution in [2.45, 2.75) is 70.1 Å². The van der Waals surface area contributed by atoms with Crippen molar-refractivity contribution in [3.63, 3.8) is 0 Å². The van der Waals surface area contributed by atoms with Crippen LogP contribution in [0.1, 0.15) is 51.9 Å². The monoisotopic (exact) mass is 408 g/mol. The number of alkyl halides is 5. The molecule has 28 heavy (non-hydrogen) atoms. The van der Waals surface area contributed by atoms with E-state index < -0.39 is 35.5 Å². The molecule has 0 heterocycles. The third-order valence-electron chi connectivity index (χ3n) is 8.29. The summed E-state index contributed by atoms with van der Waals surface area (Å²) in [6, 6.07) is 0. The van der Waals surface area contributed by atoms with E-state index in [4.69, 9.17) is 0 Å². The van der Waals surface area contributed by atoms with Crippen LogP contribution in [0.2, 0.25) is 0 Å². The van der Waals surface area contributed by atoms with Crippen LogP contribution in [-0.2, 0) is 4.79 Å². The number of rotatable bonds is 1. The molecule has 3 fully saturated rings. The second-order valence-electron chi connectivity index (χ2n) is 9.36. The summed E-state index contributed by atoms with van der Waals surface area (Å²) in [4.78, 5) is 11.8. The standard InChI is InChI=1S/C20H25F5O3/c1-18-7-6-10-9-2-4-13(26)17(28)11(9)8-14(27)16(10)12(18)3-5-15(18)19(21,22)20(23,24)25/h9-10,12,14-16,27-28H,2-8H2,1H3/t9-,10-,12+,14+,15-,16-,18+/m1/s1. The number of aliphatic hydroxyl groups excluding tert-OH is 2. The van der Waals surface area contributed by atoms with E-state index in [1.807, 2.05) is 0 Å². The molecule has 4 aliphatic rings. The largest absolute Gasteiger partial charge is 0.504 e. The minimum atomic E-state index is -5.58. The topological polar surface area (TPSA) is 57.5 Å². The van der Waals surface area contributed by atoms with Gasteiger partial charge < -0.3 is 10.2 Å². The van der Waals surface area contributed by atoms with Gasteiger partial charge >= 0.3 is 12.1 Å². The van der Waals surface area contributed by atoms with E-state index in [-0.39, 0.29) is 61.4 Å². The van der Waals surface area contributed by atoms with Crippen molar-refractivity contribution in [1.29, 1.82) is 0 Å². The number of ketones is 1. The van der Waals surface area contributed by atoms with Gasteiger partial charge in [-0.25, -0.2) is 0 Å². The van der Waals surface area contributed by atoms with E-state index in [2.05, 4.69) is 0 Å². The highest BCUT2D eigenvalue weighted by Crippen LogP contribution is 2.67. The molecule has 0 aliphatic heterocycles. The third kappa shape index (κ3) is 2.58. The summed E-state index contributed by atoms with van der Waals surface area (Å²) in [7, 11) is 0. The quantitative estimate of drug-likeness (QED) is 0.613. The maximum atomic E-state index is 14.3. The second-order valence-corrected chi connectivity index (χ2v) is 9.36. The molecule has 3 nitrogen and oxygen atoms in total. The predicted molar refractivity (Wildman–Crippen MR) is 89.5 cm³/mol. The summed E-state index contributed by atoms with van der Waals surface area (Å²) in [6.45, 7) is 1.53. The number of aliphatic hydroxyl groups is 2. The Bertz CT molecular complexity index is 715. The molecular weight excluding hydrogens is 383 g/mol. The number of hydrogen-bond donors (Lipinski definition) is 2. The summed E-state index contributed by atoms with van der Waals surface area (Å²) in [5.74, 6) is -8.13. The van der Waals surface area contributed by atoms with Crippen molar-refractivity contribution < 1.29 is 37.0 Å². The first kappa shape index (κ1) is 20.1. The summed E-state index contributed by atoms with van der Waals surface area (Å²) in [5, 5.41) is 20.9. The highest BCUT2D eigenvalue weighted by atomic mass is 19.4. The van der Waals surface area contributed by atoms with Crippen molar-refractivity contribution in [1.82, 2.24) is 0 Å². The van der Waals surface area contributed by atoms with E-state index in [1.165, 1.54) is 6.92 Å². The molecule has 0 spiro atoms. The van der Waals surface area contributed by atoms with Crippen LogP contribution in [0, 0.1) is 35.0 Å².